The van der Waals surface area contributed by atoms with E-state index in [1.165, 1.54) is 22.3 Å². The smallest absolute Gasteiger partial charge is 0.145 e. The van der Waals surface area contributed by atoms with Crippen molar-refractivity contribution < 1.29 is 4.42 Å². The quantitative estimate of drug-likeness (QED) is 0.155. The monoisotopic (exact) mass is 698 g/mol. The molecule has 0 radical (unpaired) electrons. The van der Waals surface area contributed by atoms with Gasteiger partial charge in [-0.15, -0.1) is 0 Å². The Labute approximate surface area is 316 Å². The summed E-state index contributed by atoms with van der Waals surface area (Å²) in [4.78, 5) is 0. The van der Waals surface area contributed by atoms with Crippen molar-refractivity contribution in [2.45, 2.75) is 32.7 Å². The van der Waals surface area contributed by atoms with E-state index < -0.39 is 0 Å². The Bertz CT molecular complexity index is 2890. The van der Waals surface area contributed by atoms with Crippen molar-refractivity contribution in [2.75, 3.05) is 0 Å². The van der Waals surface area contributed by atoms with Crippen molar-refractivity contribution in [3.05, 3.63) is 181 Å². The normalized spacial score (nSPS) is 16.1. The highest BCUT2D eigenvalue weighted by atomic mass is 16.3. The molecule has 0 fully saturated rings. The van der Waals surface area contributed by atoms with Crippen molar-refractivity contribution in [1.29, 1.82) is 0 Å². The van der Waals surface area contributed by atoms with E-state index in [0.29, 0.717) is 0 Å². The highest BCUT2D eigenvalue weighted by Gasteiger charge is 2.32. The summed E-state index contributed by atoms with van der Waals surface area (Å²) in [7, 11) is 0. The van der Waals surface area contributed by atoms with Gasteiger partial charge in [0, 0.05) is 33.3 Å². The van der Waals surface area contributed by atoms with Crippen LogP contribution in [0.5, 0.6) is 0 Å². The number of furan rings is 1. The standard InChI is InChI=1S/C51H42N2O/c1-6-16-43-39(8-3)47-45(52(43)38-24-22-36(23-25-38)34-18-12-10-13-19-34)28-26-41-42-27-29-46-48(50(42)54-49(41)47)40(9-4)44(17-7-2)53(46)51(5)32-30-37(31-33-51)35-20-14-11-15-21-35/h6-32H,3-4,33H2,1-2,5H3/b16-6-,17-7-. The van der Waals surface area contributed by atoms with Crippen LogP contribution in [0, 0.1) is 0 Å². The number of hydrogen-bond donors (Lipinski definition) is 0. The fourth-order valence-corrected chi connectivity index (χ4v) is 8.58. The fraction of sp³-hybridized carbons (Fsp3) is 0.0980. The lowest BCUT2D eigenvalue weighted by molar-refractivity contribution is 0.424. The number of rotatable bonds is 8. The molecule has 0 bridgehead atoms. The molecule has 0 saturated carbocycles. The Morgan fingerprint density at radius 2 is 1.19 bits per heavy atom. The molecule has 8 aromatic rings. The zero-order valence-electron chi connectivity index (χ0n) is 31.0. The third kappa shape index (κ3) is 5.03. The molecule has 1 unspecified atom stereocenters. The van der Waals surface area contributed by atoms with Gasteiger partial charge >= 0.3 is 0 Å². The Morgan fingerprint density at radius 1 is 0.630 bits per heavy atom. The van der Waals surface area contributed by atoms with Gasteiger partial charge in [-0.05, 0) is 98.0 Å². The number of hydrogen-bond acceptors (Lipinski definition) is 1. The lowest BCUT2D eigenvalue weighted by Gasteiger charge is -2.33. The summed E-state index contributed by atoms with van der Waals surface area (Å²) in [5.41, 5.74) is 13.9. The summed E-state index contributed by atoms with van der Waals surface area (Å²) in [6.45, 7) is 15.1. The van der Waals surface area contributed by atoms with Gasteiger partial charge in [0.2, 0.25) is 0 Å². The van der Waals surface area contributed by atoms with Crippen molar-refractivity contribution in [3.8, 4) is 16.8 Å². The Balaban J connectivity index is 1.27. The second kappa shape index (κ2) is 13.1. The van der Waals surface area contributed by atoms with Crippen LogP contribution in [0.25, 0.3) is 90.4 Å². The van der Waals surface area contributed by atoms with E-state index >= 15 is 0 Å². The molecule has 262 valence electrons. The van der Waals surface area contributed by atoms with E-state index in [4.69, 9.17) is 4.42 Å². The second-order valence-electron chi connectivity index (χ2n) is 14.3. The lowest BCUT2D eigenvalue weighted by atomic mass is 9.87. The molecular weight excluding hydrogens is 657 g/mol. The molecule has 3 heterocycles. The highest BCUT2D eigenvalue weighted by molar-refractivity contribution is 6.23. The molecule has 1 aliphatic rings. The Kier molecular flexibility index (Phi) is 8.09. The van der Waals surface area contributed by atoms with Crippen LogP contribution in [0.15, 0.2) is 157 Å². The van der Waals surface area contributed by atoms with Gasteiger partial charge in [0.15, 0.2) is 0 Å². The summed E-state index contributed by atoms with van der Waals surface area (Å²) in [6.07, 6.45) is 20.4. The SMILES string of the molecule is C=Cc1c(/C=C\C)n(-c2ccc(-c3ccccc3)cc2)c2ccc3c4ccc5c(c(C=C)c(/C=C\C)n5C5(C)C=CC(c6ccccc6)=CC5)c4oc3c12. The third-order valence-corrected chi connectivity index (χ3v) is 11.1. The van der Waals surface area contributed by atoms with Crippen molar-refractivity contribution in [3.63, 3.8) is 0 Å². The molecule has 9 rings (SSSR count). The molecule has 1 aliphatic carbocycles. The summed E-state index contributed by atoms with van der Waals surface area (Å²) >= 11 is 0. The van der Waals surface area contributed by atoms with Crippen LogP contribution < -0.4 is 0 Å². The predicted molar refractivity (Wildman–Crippen MR) is 233 cm³/mol. The molecule has 0 aliphatic heterocycles. The average Bonchev–Trinajstić information content (AvgIpc) is 3.86. The van der Waals surface area contributed by atoms with E-state index in [2.05, 4.69) is 195 Å². The van der Waals surface area contributed by atoms with Gasteiger partial charge in [-0.25, -0.2) is 0 Å². The second-order valence-corrected chi connectivity index (χ2v) is 14.3. The van der Waals surface area contributed by atoms with Gasteiger partial charge < -0.3 is 13.6 Å². The highest BCUT2D eigenvalue weighted by Crippen LogP contribution is 2.46. The van der Waals surface area contributed by atoms with E-state index in [9.17, 15) is 0 Å². The van der Waals surface area contributed by atoms with Crippen LogP contribution in [0.1, 0.15) is 55.3 Å². The van der Waals surface area contributed by atoms with Crippen LogP contribution in [0.3, 0.4) is 0 Å². The molecule has 1 atom stereocenters. The molecule has 3 aromatic heterocycles. The minimum Gasteiger partial charge on any atom is -0.455 e. The minimum absolute atomic E-state index is 0.301. The molecule has 54 heavy (non-hydrogen) atoms. The van der Waals surface area contributed by atoms with Gasteiger partial charge in [0.25, 0.3) is 0 Å². The van der Waals surface area contributed by atoms with Crippen LogP contribution in [0.4, 0.5) is 0 Å². The number of fused-ring (bicyclic) bond motifs is 7. The van der Waals surface area contributed by atoms with Gasteiger partial charge in [-0.2, -0.15) is 0 Å². The van der Waals surface area contributed by atoms with Crippen LogP contribution in [-0.4, -0.2) is 9.13 Å². The zero-order chi connectivity index (χ0) is 37.0. The van der Waals surface area contributed by atoms with Gasteiger partial charge in [-0.3, -0.25) is 0 Å². The number of allylic oxidation sites excluding steroid dienone is 6. The van der Waals surface area contributed by atoms with Crippen LogP contribution >= 0.6 is 0 Å². The predicted octanol–water partition coefficient (Wildman–Crippen LogP) is 14.3. The van der Waals surface area contributed by atoms with Crippen molar-refractivity contribution >= 4 is 73.6 Å². The first-order valence-corrected chi connectivity index (χ1v) is 18.7. The van der Waals surface area contributed by atoms with Crippen molar-refractivity contribution in [2.24, 2.45) is 0 Å². The fourth-order valence-electron chi connectivity index (χ4n) is 8.58. The molecule has 0 amide bonds. The summed E-state index contributed by atoms with van der Waals surface area (Å²) in [5.74, 6) is 0. The first-order chi connectivity index (χ1) is 26.5. The largest absolute Gasteiger partial charge is 0.455 e. The lowest BCUT2D eigenvalue weighted by Crippen LogP contribution is -2.29. The summed E-state index contributed by atoms with van der Waals surface area (Å²) in [6, 6.07) is 38.9. The topological polar surface area (TPSA) is 23.0 Å². The average molecular weight is 699 g/mol. The first kappa shape index (κ1) is 33.3. The maximum atomic E-state index is 7.16. The van der Waals surface area contributed by atoms with Gasteiger partial charge in [-0.1, -0.05) is 128 Å². The number of benzene rings is 5. The van der Waals surface area contributed by atoms with E-state index in [0.717, 1.165) is 78.4 Å². The molecule has 3 heteroatoms. The third-order valence-electron chi connectivity index (χ3n) is 11.1. The molecule has 5 aromatic carbocycles. The minimum atomic E-state index is -0.301. The molecule has 0 N–H and O–H groups in total. The van der Waals surface area contributed by atoms with E-state index in [-0.39, 0.29) is 5.54 Å². The molecular formula is C51H42N2O. The Hall–Kier alpha value is -6.58. The number of nitrogens with zero attached hydrogens (tertiary/aromatic N) is 2. The number of aromatic nitrogens is 2. The maximum Gasteiger partial charge on any atom is 0.145 e. The molecule has 0 saturated heterocycles. The molecule has 3 nitrogen and oxygen atoms in total. The van der Waals surface area contributed by atoms with Crippen LogP contribution in [0.2, 0.25) is 0 Å². The van der Waals surface area contributed by atoms with E-state index in [1.54, 1.807) is 0 Å². The summed E-state index contributed by atoms with van der Waals surface area (Å²) in [5, 5.41) is 4.31. The Morgan fingerprint density at radius 3 is 1.78 bits per heavy atom. The summed E-state index contributed by atoms with van der Waals surface area (Å²) < 4.78 is 12.0. The van der Waals surface area contributed by atoms with Crippen molar-refractivity contribution in [1.82, 2.24) is 9.13 Å². The van der Waals surface area contributed by atoms with E-state index in [1.807, 2.05) is 12.2 Å². The van der Waals surface area contributed by atoms with Crippen LogP contribution in [-0.2, 0) is 5.54 Å². The maximum absolute atomic E-state index is 7.16. The van der Waals surface area contributed by atoms with Gasteiger partial charge in [0.1, 0.15) is 11.2 Å². The zero-order valence-corrected chi connectivity index (χ0v) is 31.0. The van der Waals surface area contributed by atoms with Gasteiger partial charge in [0.05, 0.1) is 33.0 Å². The molecule has 0 spiro atoms. The first-order valence-electron chi connectivity index (χ1n) is 18.7.